The fourth-order valence-electron chi connectivity index (χ4n) is 1.86. The maximum Gasteiger partial charge on any atom is 0.416 e. The predicted molar refractivity (Wildman–Crippen MR) is 89.0 cm³/mol. The number of nitrogens with zero attached hydrogens (tertiary/aromatic N) is 2. The minimum absolute atomic E-state index is 0.0395. The number of halogens is 4. The van der Waals surface area contributed by atoms with Gasteiger partial charge in [-0.1, -0.05) is 11.6 Å². The summed E-state index contributed by atoms with van der Waals surface area (Å²) in [6.45, 7) is 5.47. The Bertz CT molecular complexity index is 770. The Morgan fingerprint density at radius 2 is 1.76 bits per heavy atom. The van der Waals surface area contributed by atoms with E-state index in [0.29, 0.717) is 0 Å². The fourth-order valence-corrected chi connectivity index (χ4v) is 2.02. The first-order valence-electron chi connectivity index (χ1n) is 7.26. The molecule has 1 aromatic heterocycles. The van der Waals surface area contributed by atoms with Crippen molar-refractivity contribution >= 4 is 29.0 Å². The summed E-state index contributed by atoms with van der Waals surface area (Å²) in [7, 11) is 0. The number of amides is 1. The third kappa shape index (κ3) is 5.32. The normalized spacial score (nSPS) is 12.0. The van der Waals surface area contributed by atoms with Gasteiger partial charge < -0.3 is 10.6 Å². The number of nitrogens with one attached hydrogen (secondary N) is 2. The molecule has 5 nitrogen and oxygen atoms in total. The first kappa shape index (κ1) is 19.0. The molecule has 0 saturated heterocycles. The Morgan fingerprint density at radius 3 is 2.28 bits per heavy atom. The number of rotatable bonds is 3. The molecule has 1 amide bonds. The summed E-state index contributed by atoms with van der Waals surface area (Å²) in [5, 5.41) is 13.1. The molecule has 0 aliphatic heterocycles. The van der Waals surface area contributed by atoms with E-state index in [1.807, 2.05) is 20.8 Å². The highest BCUT2D eigenvalue weighted by Crippen LogP contribution is 2.34. The number of alkyl halides is 3. The van der Waals surface area contributed by atoms with Gasteiger partial charge in [-0.3, -0.25) is 4.79 Å². The van der Waals surface area contributed by atoms with Gasteiger partial charge in [0.25, 0.3) is 5.91 Å². The van der Waals surface area contributed by atoms with Gasteiger partial charge >= 0.3 is 6.18 Å². The first-order valence-corrected chi connectivity index (χ1v) is 7.63. The van der Waals surface area contributed by atoms with Gasteiger partial charge in [0, 0.05) is 5.54 Å². The van der Waals surface area contributed by atoms with Crippen LogP contribution in [0.15, 0.2) is 30.3 Å². The van der Waals surface area contributed by atoms with E-state index >= 15 is 0 Å². The first-order chi connectivity index (χ1) is 11.5. The molecule has 0 aliphatic carbocycles. The molecule has 1 heterocycles. The van der Waals surface area contributed by atoms with Gasteiger partial charge in [0.15, 0.2) is 11.5 Å². The van der Waals surface area contributed by atoms with E-state index in [9.17, 15) is 18.0 Å². The Labute approximate surface area is 147 Å². The van der Waals surface area contributed by atoms with Crippen molar-refractivity contribution in [2.24, 2.45) is 0 Å². The van der Waals surface area contributed by atoms with Gasteiger partial charge in [0.2, 0.25) is 0 Å². The SMILES string of the molecule is CC(C)(C)NC(=O)c1ccc(Nc2cc(C(F)(F)F)ccc2Cl)nn1. The van der Waals surface area contributed by atoms with Gasteiger partial charge in [-0.15, -0.1) is 10.2 Å². The van der Waals surface area contributed by atoms with Gasteiger partial charge in [-0.05, 0) is 51.1 Å². The third-order valence-electron chi connectivity index (χ3n) is 2.94. The molecule has 2 N–H and O–H groups in total. The van der Waals surface area contributed by atoms with Crippen LogP contribution in [0.3, 0.4) is 0 Å². The summed E-state index contributed by atoms with van der Waals surface area (Å²) in [6.07, 6.45) is -4.48. The minimum atomic E-state index is -4.48. The number of hydrogen-bond acceptors (Lipinski definition) is 4. The highest BCUT2D eigenvalue weighted by Gasteiger charge is 2.31. The van der Waals surface area contributed by atoms with Crippen LogP contribution in [0.25, 0.3) is 0 Å². The molecule has 9 heteroatoms. The van der Waals surface area contributed by atoms with E-state index in [1.54, 1.807) is 0 Å². The minimum Gasteiger partial charge on any atom is -0.346 e. The Morgan fingerprint density at radius 1 is 1.08 bits per heavy atom. The Hall–Kier alpha value is -2.35. The summed E-state index contributed by atoms with van der Waals surface area (Å²) >= 11 is 5.91. The quantitative estimate of drug-likeness (QED) is 0.837. The van der Waals surface area contributed by atoms with Crippen LogP contribution in [0.2, 0.25) is 5.02 Å². The number of aromatic nitrogens is 2. The van der Waals surface area contributed by atoms with Crippen molar-refractivity contribution in [2.45, 2.75) is 32.5 Å². The molecule has 0 atom stereocenters. The van der Waals surface area contributed by atoms with E-state index in [-0.39, 0.29) is 22.2 Å². The third-order valence-corrected chi connectivity index (χ3v) is 3.27. The maximum absolute atomic E-state index is 12.8. The van der Waals surface area contributed by atoms with E-state index < -0.39 is 23.2 Å². The predicted octanol–water partition coefficient (Wildman–Crippen LogP) is 4.42. The zero-order valence-electron chi connectivity index (χ0n) is 13.7. The molecule has 0 aliphatic rings. The Balaban J connectivity index is 2.18. The highest BCUT2D eigenvalue weighted by atomic mass is 35.5. The zero-order chi connectivity index (χ0) is 18.8. The lowest BCUT2D eigenvalue weighted by molar-refractivity contribution is -0.137. The summed E-state index contributed by atoms with van der Waals surface area (Å²) in [6, 6.07) is 5.76. The number of carbonyl (C=O) groups excluding carboxylic acids is 1. The molecule has 0 unspecified atom stereocenters. The summed E-state index contributed by atoms with van der Waals surface area (Å²) in [5.74, 6) is -0.239. The standard InChI is InChI=1S/C16H16ClF3N4O/c1-15(2,3)22-14(25)11-6-7-13(24-23-11)21-12-8-9(16(18,19)20)4-5-10(12)17/h4-8H,1-3H3,(H,21,24)(H,22,25). The molecule has 2 aromatic rings. The van der Waals surface area contributed by atoms with Crippen LogP contribution in [0.5, 0.6) is 0 Å². The van der Waals surface area contributed by atoms with E-state index in [4.69, 9.17) is 11.6 Å². The lowest BCUT2D eigenvalue weighted by Crippen LogP contribution is -2.41. The molecule has 2 rings (SSSR count). The summed E-state index contributed by atoms with van der Waals surface area (Å²) < 4.78 is 38.3. The van der Waals surface area contributed by atoms with Crippen LogP contribution in [0, 0.1) is 0 Å². The molecule has 25 heavy (non-hydrogen) atoms. The number of anilines is 2. The van der Waals surface area contributed by atoms with Gasteiger partial charge in [-0.2, -0.15) is 13.2 Å². The van der Waals surface area contributed by atoms with Gasteiger partial charge in [0.1, 0.15) is 0 Å². The van der Waals surface area contributed by atoms with Crippen molar-refractivity contribution in [3.05, 3.63) is 46.6 Å². The molecular formula is C16H16ClF3N4O. The summed E-state index contributed by atoms with van der Waals surface area (Å²) in [4.78, 5) is 12.0. The topological polar surface area (TPSA) is 66.9 Å². The second-order valence-corrected chi connectivity index (χ2v) is 6.73. The van der Waals surface area contributed by atoms with Crippen LogP contribution < -0.4 is 10.6 Å². The van der Waals surface area contributed by atoms with Crippen molar-refractivity contribution < 1.29 is 18.0 Å². The van der Waals surface area contributed by atoms with Crippen molar-refractivity contribution in [1.29, 1.82) is 0 Å². The monoisotopic (exact) mass is 372 g/mol. The van der Waals surface area contributed by atoms with Crippen molar-refractivity contribution in [3.8, 4) is 0 Å². The van der Waals surface area contributed by atoms with Crippen LogP contribution >= 0.6 is 11.6 Å². The lowest BCUT2D eigenvalue weighted by Gasteiger charge is -2.19. The Kier molecular flexibility index (Phi) is 5.22. The van der Waals surface area contributed by atoms with Crippen LogP contribution in [-0.2, 0) is 6.18 Å². The second-order valence-electron chi connectivity index (χ2n) is 6.33. The molecule has 0 saturated carbocycles. The number of hydrogen-bond donors (Lipinski definition) is 2. The molecule has 0 bridgehead atoms. The van der Waals surface area contributed by atoms with E-state index in [2.05, 4.69) is 20.8 Å². The molecule has 1 aromatic carbocycles. The second kappa shape index (κ2) is 6.87. The summed E-state index contributed by atoms with van der Waals surface area (Å²) in [5.41, 5.74) is -1.14. The lowest BCUT2D eigenvalue weighted by atomic mass is 10.1. The van der Waals surface area contributed by atoms with Gasteiger partial charge in [-0.25, -0.2) is 0 Å². The highest BCUT2D eigenvalue weighted by molar-refractivity contribution is 6.33. The van der Waals surface area contributed by atoms with Crippen molar-refractivity contribution in [3.63, 3.8) is 0 Å². The average molecular weight is 373 g/mol. The zero-order valence-corrected chi connectivity index (χ0v) is 14.5. The molecular weight excluding hydrogens is 357 g/mol. The van der Waals surface area contributed by atoms with Gasteiger partial charge in [0.05, 0.1) is 16.3 Å². The van der Waals surface area contributed by atoms with Crippen LogP contribution in [0.4, 0.5) is 24.7 Å². The molecule has 134 valence electrons. The molecule has 0 fully saturated rings. The molecule has 0 radical (unpaired) electrons. The van der Waals surface area contributed by atoms with Crippen molar-refractivity contribution in [1.82, 2.24) is 15.5 Å². The van der Waals surface area contributed by atoms with Crippen LogP contribution in [0.1, 0.15) is 36.8 Å². The van der Waals surface area contributed by atoms with Crippen molar-refractivity contribution in [2.75, 3.05) is 5.32 Å². The van der Waals surface area contributed by atoms with E-state index in [0.717, 1.165) is 18.2 Å². The molecule has 0 spiro atoms. The average Bonchev–Trinajstić information content (AvgIpc) is 2.47. The smallest absolute Gasteiger partial charge is 0.346 e. The van der Waals surface area contributed by atoms with E-state index in [1.165, 1.54) is 12.1 Å². The largest absolute Gasteiger partial charge is 0.416 e. The fraction of sp³-hybridized carbons (Fsp3) is 0.312. The van der Waals surface area contributed by atoms with Crippen LogP contribution in [-0.4, -0.2) is 21.6 Å². The maximum atomic E-state index is 12.8. The number of benzene rings is 1. The number of carbonyl (C=O) groups is 1.